The lowest BCUT2D eigenvalue weighted by molar-refractivity contribution is -0.135. The number of carbonyl (C=O) groups excluding carboxylic acids is 2. The quantitative estimate of drug-likeness (QED) is 0.606. The molecular formula is C19H27N3O5. The van der Waals surface area contributed by atoms with E-state index in [4.69, 9.17) is 14.3 Å². The molecule has 2 amide bonds. The van der Waals surface area contributed by atoms with E-state index in [9.17, 15) is 9.59 Å². The van der Waals surface area contributed by atoms with Gasteiger partial charge in [0.1, 0.15) is 6.26 Å². The summed E-state index contributed by atoms with van der Waals surface area (Å²) >= 11 is 0. The van der Waals surface area contributed by atoms with E-state index in [0.29, 0.717) is 5.56 Å². The Morgan fingerprint density at radius 3 is 2.70 bits per heavy atom. The van der Waals surface area contributed by atoms with Crippen molar-refractivity contribution in [3.63, 3.8) is 0 Å². The van der Waals surface area contributed by atoms with Crippen LogP contribution in [0.2, 0.25) is 0 Å². The predicted octanol–water partition coefficient (Wildman–Crippen LogP) is 1.21. The Kier molecular flexibility index (Phi) is 8.06. The van der Waals surface area contributed by atoms with Crippen LogP contribution in [0, 0.1) is 5.92 Å². The van der Waals surface area contributed by atoms with Crippen LogP contribution in [0.5, 0.6) is 0 Å². The molecule has 8 heteroatoms. The Hall–Kier alpha value is -2.61. The maximum atomic E-state index is 12.7. The summed E-state index contributed by atoms with van der Waals surface area (Å²) in [5.74, 6) is 0.137. The van der Waals surface area contributed by atoms with Gasteiger partial charge in [-0.15, -0.1) is 0 Å². The van der Waals surface area contributed by atoms with E-state index >= 15 is 0 Å². The first kappa shape index (κ1) is 20.7. The Labute approximate surface area is 158 Å². The van der Waals surface area contributed by atoms with Gasteiger partial charge in [-0.25, -0.2) is 0 Å². The number of nitrogens with one attached hydrogen (secondary N) is 1. The topological polar surface area (TPSA) is 103 Å². The number of hydrogen-bond acceptors (Lipinski definition) is 5. The molecule has 0 radical (unpaired) electrons. The summed E-state index contributed by atoms with van der Waals surface area (Å²) in [4.78, 5) is 37.4. The van der Waals surface area contributed by atoms with E-state index in [1.807, 2.05) is 11.9 Å². The Balaban J connectivity index is 0.000000817. The van der Waals surface area contributed by atoms with Crippen molar-refractivity contribution in [2.24, 2.45) is 5.92 Å². The van der Waals surface area contributed by atoms with Crippen molar-refractivity contribution in [3.8, 4) is 0 Å². The van der Waals surface area contributed by atoms with E-state index in [-0.39, 0.29) is 30.2 Å². The van der Waals surface area contributed by atoms with Crippen molar-refractivity contribution >= 4 is 18.3 Å². The van der Waals surface area contributed by atoms with E-state index < -0.39 is 0 Å². The summed E-state index contributed by atoms with van der Waals surface area (Å²) in [6.07, 6.45) is 9.70. The van der Waals surface area contributed by atoms with Gasteiger partial charge in [-0.3, -0.25) is 14.4 Å². The zero-order valence-corrected chi connectivity index (χ0v) is 15.5. The van der Waals surface area contributed by atoms with Crippen LogP contribution in [0.3, 0.4) is 0 Å². The molecule has 0 aliphatic carbocycles. The summed E-state index contributed by atoms with van der Waals surface area (Å²) in [5, 5.41) is 9.94. The van der Waals surface area contributed by atoms with Gasteiger partial charge in [0.2, 0.25) is 5.91 Å². The zero-order chi connectivity index (χ0) is 19.6. The van der Waals surface area contributed by atoms with Crippen molar-refractivity contribution in [2.75, 3.05) is 33.2 Å². The molecule has 0 unspecified atom stereocenters. The van der Waals surface area contributed by atoms with Crippen LogP contribution in [0.15, 0.2) is 35.2 Å². The van der Waals surface area contributed by atoms with Gasteiger partial charge in [-0.1, -0.05) is 12.2 Å². The highest BCUT2D eigenvalue weighted by Crippen LogP contribution is 2.20. The van der Waals surface area contributed by atoms with Crippen molar-refractivity contribution in [3.05, 3.63) is 36.3 Å². The molecule has 1 saturated heterocycles. The van der Waals surface area contributed by atoms with E-state index in [1.165, 1.54) is 12.5 Å². The van der Waals surface area contributed by atoms with Crippen LogP contribution >= 0.6 is 0 Å². The molecule has 1 fully saturated rings. The van der Waals surface area contributed by atoms with Crippen molar-refractivity contribution < 1.29 is 23.9 Å². The third-order valence-corrected chi connectivity index (χ3v) is 4.77. The van der Waals surface area contributed by atoms with Crippen molar-refractivity contribution in [1.82, 2.24) is 15.1 Å². The lowest BCUT2D eigenvalue weighted by Crippen LogP contribution is -2.43. The Bertz CT molecular complexity index is 644. The molecule has 0 saturated carbocycles. The average Bonchev–Trinajstić information content (AvgIpc) is 3.14. The summed E-state index contributed by atoms with van der Waals surface area (Å²) in [6, 6.07) is 1.71. The van der Waals surface area contributed by atoms with Gasteiger partial charge in [-0.05, 0) is 32.4 Å². The largest absolute Gasteiger partial charge is 0.483 e. The minimum atomic E-state index is -0.250. The van der Waals surface area contributed by atoms with Gasteiger partial charge in [0.15, 0.2) is 0 Å². The first-order valence-electron chi connectivity index (χ1n) is 9.08. The van der Waals surface area contributed by atoms with Crippen molar-refractivity contribution in [1.29, 1.82) is 0 Å². The number of furan rings is 1. The van der Waals surface area contributed by atoms with Crippen LogP contribution < -0.4 is 5.32 Å². The number of carbonyl (C=O) groups is 3. The highest BCUT2D eigenvalue weighted by atomic mass is 16.3. The maximum Gasteiger partial charge on any atom is 0.290 e. The van der Waals surface area contributed by atoms with E-state index in [1.54, 1.807) is 6.07 Å². The van der Waals surface area contributed by atoms with Crippen LogP contribution in [0.25, 0.3) is 0 Å². The molecule has 1 aromatic rings. The standard InChI is InChI=1S/C18H25N3O3.CH2O2/c1-20-11-14(18(23)21-8-3-2-4-9-21)5-6-16(12-20)19-17(22)15-7-10-24-13-15;2-1-3/h2-3,7,10,13-14,16H,4-6,8-9,11-12H2,1H3,(H,19,22);1H,(H,2,3)/t14-,16+;/m1./s1. The highest BCUT2D eigenvalue weighted by Gasteiger charge is 2.30. The number of likely N-dealkylation sites (N-methyl/N-ethyl adjacent to an activating group) is 1. The average molecular weight is 377 g/mol. The monoisotopic (exact) mass is 377 g/mol. The molecule has 2 N–H and O–H groups in total. The van der Waals surface area contributed by atoms with Gasteiger partial charge in [-0.2, -0.15) is 0 Å². The van der Waals surface area contributed by atoms with Gasteiger partial charge in [0.05, 0.1) is 17.7 Å². The first-order chi connectivity index (χ1) is 13.0. The molecule has 148 valence electrons. The molecule has 0 aromatic carbocycles. The van der Waals surface area contributed by atoms with Crippen LogP contribution in [-0.2, 0) is 9.59 Å². The van der Waals surface area contributed by atoms with Gasteiger partial charge >= 0.3 is 0 Å². The zero-order valence-electron chi connectivity index (χ0n) is 15.5. The second kappa shape index (κ2) is 10.5. The minimum Gasteiger partial charge on any atom is -0.483 e. The summed E-state index contributed by atoms with van der Waals surface area (Å²) in [6.45, 7) is 2.79. The fraction of sp³-hybridized carbons (Fsp3) is 0.526. The minimum absolute atomic E-state index is 0.0114. The Morgan fingerprint density at radius 1 is 1.30 bits per heavy atom. The number of amides is 2. The van der Waals surface area contributed by atoms with E-state index in [0.717, 1.165) is 45.4 Å². The maximum absolute atomic E-state index is 12.7. The van der Waals surface area contributed by atoms with Crippen LogP contribution in [0.4, 0.5) is 0 Å². The number of rotatable bonds is 3. The number of carboxylic acid groups (broad SMARTS) is 1. The molecule has 2 atom stereocenters. The fourth-order valence-corrected chi connectivity index (χ4v) is 3.49. The summed E-state index contributed by atoms with van der Waals surface area (Å²) < 4.78 is 4.96. The third-order valence-electron chi connectivity index (χ3n) is 4.77. The van der Waals surface area contributed by atoms with Gasteiger partial charge < -0.3 is 24.6 Å². The second-order valence-electron chi connectivity index (χ2n) is 6.83. The predicted molar refractivity (Wildman–Crippen MR) is 99.2 cm³/mol. The second-order valence-corrected chi connectivity index (χ2v) is 6.83. The van der Waals surface area contributed by atoms with Crippen LogP contribution in [-0.4, -0.2) is 72.5 Å². The molecule has 8 nitrogen and oxygen atoms in total. The molecule has 3 rings (SSSR count). The normalized spacial score (nSPS) is 22.9. The molecule has 0 bridgehead atoms. The lowest BCUT2D eigenvalue weighted by Gasteiger charge is -2.28. The first-order valence-corrected chi connectivity index (χ1v) is 9.08. The highest BCUT2D eigenvalue weighted by molar-refractivity contribution is 5.94. The summed E-state index contributed by atoms with van der Waals surface area (Å²) in [5.41, 5.74) is 0.537. The smallest absolute Gasteiger partial charge is 0.290 e. The van der Waals surface area contributed by atoms with Crippen molar-refractivity contribution in [2.45, 2.75) is 25.3 Å². The fourth-order valence-electron chi connectivity index (χ4n) is 3.49. The lowest BCUT2D eigenvalue weighted by atomic mass is 9.99. The number of likely N-dealkylation sites (tertiary alicyclic amines) is 1. The molecule has 27 heavy (non-hydrogen) atoms. The van der Waals surface area contributed by atoms with Crippen LogP contribution in [0.1, 0.15) is 29.6 Å². The van der Waals surface area contributed by atoms with Gasteiger partial charge in [0, 0.05) is 32.2 Å². The molecule has 3 heterocycles. The summed E-state index contributed by atoms with van der Waals surface area (Å²) in [7, 11) is 2.01. The van der Waals surface area contributed by atoms with E-state index in [2.05, 4.69) is 22.4 Å². The molecule has 2 aliphatic rings. The molecular weight excluding hydrogens is 350 g/mol. The van der Waals surface area contributed by atoms with Gasteiger partial charge in [0.25, 0.3) is 12.4 Å². The molecule has 1 aromatic heterocycles. The number of hydrogen-bond donors (Lipinski definition) is 2. The Morgan fingerprint density at radius 2 is 2.07 bits per heavy atom. The number of nitrogens with zero attached hydrogens (tertiary/aromatic N) is 2. The third kappa shape index (κ3) is 6.25. The SMILES string of the molecule is CN1C[C@@H](NC(=O)c2ccoc2)CC[C@@H](C(=O)N2CC=CCC2)C1.O=CO. The molecule has 0 spiro atoms. The molecule has 2 aliphatic heterocycles.